The Kier molecular flexibility index (Phi) is 6.34. The largest absolute Gasteiger partial charge is 0.491 e. The summed E-state index contributed by atoms with van der Waals surface area (Å²) in [6.07, 6.45) is 4.98. The third kappa shape index (κ3) is 4.61. The molecule has 1 amide bonds. The minimum atomic E-state index is 0.173. The van der Waals surface area contributed by atoms with E-state index in [0.717, 1.165) is 47.5 Å². The molecule has 1 aliphatic rings. The molecule has 172 valence electrons. The van der Waals surface area contributed by atoms with Gasteiger partial charge in [0.15, 0.2) is 5.52 Å². The molecule has 33 heavy (non-hydrogen) atoms. The van der Waals surface area contributed by atoms with Gasteiger partial charge in [0, 0.05) is 37.5 Å². The van der Waals surface area contributed by atoms with Crippen LogP contribution in [0.25, 0.3) is 21.3 Å². The zero-order valence-electron chi connectivity index (χ0n) is 18.7. The summed E-state index contributed by atoms with van der Waals surface area (Å²) in [5.74, 6) is 1.85. The predicted molar refractivity (Wildman–Crippen MR) is 129 cm³/mol. The fourth-order valence-electron chi connectivity index (χ4n) is 4.20. The molecular weight excluding hydrogens is 438 g/mol. The summed E-state index contributed by atoms with van der Waals surface area (Å²) < 4.78 is 5.84. The molecule has 0 radical (unpaired) electrons. The van der Waals surface area contributed by atoms with Gasteiger partial charge in [0.25, 0.3) is 0 Å². The lowest BCUT2D eigenvalue weighted by molar-refractivity contribution is -0.131. The standard InChI is InChI=1S/C23H27N7O2S/c1-2-5-16-14-17-22(24-15-25-23(17)33-16)30-11-9-29(10-12-30)20(31)8-4-13-32-19-7-3-6-18-21(19)27-28-26-18/h3,6-7,14-15H,2,4-5,8-13H2,1H3,(H,26,27,28). The fourth-order valence-corrected chi connectivity index (χ4v) is 5.30. The molecule has 10 heteroatoms. The van der Waals surface area contributed by atoms with E-state index in [-0.39, 0.29) is 5.91 Å². The number of nitrogens with zero attached hydrogens (tertiary/aromatic N) is 6. The number of hydrogen-bond donors (Lipinski definition) is 1. The lowest BCUT2D eigenvalue weighted by atomic mass is 10.2. The Morgan fingerprint density at radius 3 is 2.91 bits per heavy atom. The number of fused-ring (bicyclic) bond motifs is 2. The van der Waals surface area contributed by atoms with Gasteiger partial charge in [-0.3, -0.25) is 4.79 Å². The average Bonchev–Trinajstić information content (AvgIpc) is 3.49. The van der Waals surface area contributed by atoms with Gasteiger partial charge in [-0.05, 0) is 31.0 Å². The second kappa shape index (κ2) is 9.70. The number of nitrogens with one attached hydrogen (secondary N) is 1. The number of aryl methyl sites for hydroxylation is 1. The first-order valence-corrected chi connectivity index (χ1v) is 12.2. The highest BCUT2D eigenvalue weighted by Crippen LogP contribution is 2.31. The van der Waals surface area contributed by atoms with E-state index in [1.54, 1.807) is 17.7 Å². The predicted octanol–water partition coefficient (Wildman–Crippen LogP) is 3.42. The number of benzene rings is 1. The Morgan fingerprint density at radius 2 is 2.06 bits per heavy atom. The van der Waals surface area contributed by atoms with Crippen molar-refractivity contribution in [3.63, 3.8) is 0 Å². The van der Waals surface area contributed by atoms with Crippen LogP contribution in [0.5, 0.6) is 5.75 Å². The summed E-state index contributed by atoms with van der Waals surface area (Å²) in [4.78, 5) is 28.4. The molecule has 0 unspecified atom stereocenters. The molecule has 0 bridgehead atoms. The molecule has 9 nitrogen and oxygen atoms in total. The first-order chi connectivity index (χ1) is 16.2. The molecule has 0 spiro atoms. The van der Waals surface area contributed by atoms with E-state index in [0.29, 0.717) is 43.8 Å². The fraction of sp³-hybridized carbons (Fsp3) is 0.435. The van der Waals surface area contributed by atoms with Crippen LogP contribution in [0.1, 0.15) is 31.1 Å². The number of carbonyl (C=O) groups is 1. The summed E-state index contributed by atoms with van der Waals surface area (Å²) in [5.41, 5.74) is 1.48. The van der Waals surface area contributed by atoms with Crippen molar-refractivity contribution in [1.82, 2.24) is 30.3 Å². The Balaban J connectivity index is 1.12. The third-order valence-electron chi connectivity index (χ3n) is 5.89. The van der Waals surface area contributed by atoms with Gasteiger partial charge >= 0.3 is 0 Å². The summed E-state index contributed by atoms with van der Waals surface area (Å²) >= 11 is 1.75. The molecule has 0 saturated carbocycles. The van der Waals surface area contributed by atoms with Crippen molar-refractivity contribution >= 4 is 44.3 Å². The smallest absolute Gasteiger partial charge is 0.222 e. The van der Waals surface area contributed by atoms with Crippen molar-refractivity contribution in [3.05, 3.63) is 35.5 Å². The highest BCUT2D eigenvalue weighted by atomic mass is 32.1. The van der Waals surface area contributed by atoms with Crippen LogP contribution in [0.2, 0.25) is 0 Å². The Hall–Kier alpha value is -3.27. The van der Waals surface area contributed by atoms with Crippen molar-refractivity contribution in [1.29, 1.82) is 0 Å². The SMILES string of the molecule is CCCc1cc2c(N3CCN(C(=O)CCCOc4cccc5n[nH]nc45)CC3)ncnc2s1. The molecule has 1 fully saturated rings. The minimum Gasteiger partial charge on any atom is -0.491 e. The number of thiophene rings is 1. The lowest BCUT2D eigenvalue weighted by Crippen LogP contribution is -2.49. The highest BCUT2D eigenvalue weighted by Gasteiger charge is 2.23. The van der Waals surface area contributed by atoms with Crippen molar-refractivity contribution < 1.29 is 9.53 Å². The van der Waals surface area contributed by atoms with Crippen LogP contribution in [-0.2, 0) is 11.2 Å². The molecule has 1 saturated heterocycles. The van der Waals surface area contributed by atoms with Crippen LogP contribution in [-0.4, -0.2) is 69.0 Å². The van der Waals surface area contributed by atoms with Crippen molar-refractivity contribution in [2.24, 2.45) is 0 Å². The number of H-pyrrole nitrogens is 1. The molecule has 1 aromatic carbocycles. The maximum absolute atomic E-state index is 12.7. The molecule has 4 aromatic rings. The Bertz CT molecular complexity index is 1250. The Labute approximate surface area is 195 Å². The first-order valence-electron chi connectivity index (χ1n) is 11.4. The highest BCUT2D eigenvalue weighted by molar-refractivity contribution is 7.18. The van der Waals surface area contributed by atoms with Gasteiger partial charge in [0.2, 0.25) is 5.91 Å². The van der Waals surface area contributed by atoms with Crippen molar-refractivity contribution in [3.8, 4) is 5.75 Å². The number of piperazine rings is 1. The van der Waals surface area contributed by atoms with Crippen molar-refractivity contribution in [2.45, 2.75) is 32.6 Å². The summed E-state index contributed by atoms with van der Waals surface area (Å²) in [6.45, 7) is 5.62. The molecule has 1 aliphatic heterocycles. The molecule has 0 atom stereocenters. The summed E-state index contributed by atoms with van der Waals surface area (Å²) in [7, 11) is 0. The molecule has 0 aliphatic carbocycles. The van der Waals surface area contributed by atoms with E-state index >= 15 is 0 Å². The Morgan fingerprint density at radius 1 is 1.18 bits per heavy atom. The molecular formula is C23H27N7O2S. The number of amides is 1. The maximum Gasteiger partial charge on any atom is 0.222 e. The van der Waals surface area contributed by atoms with Crippen LogP contribution in [0, 0.1) is 0 Å². The topological polar surface area (TPSA) is 100 Å². The number of hydrogen-bond acceptors (Lipinski definition) is 8. The number of carbonyl (C=O) groups excluding carboxylic acids is 1. The monoisotopic (exact) mass is 465 g/mol. The van der Waals surface area contributed by atoms with E-state index in [1.807, 2.05) is 23.1 Å². The van der Waals surface area contributed by atoms with Gasteiger partial charge in [0.1, 0.15) is 28.2 Å². The average molecular weight is 466 g/mol. The maximum atomic E-state index is 12.7. The second-order valence-electron chi connectivity index (χ2n) is 8.15. The van der Waals surface area contributed by atoms with Crippen LogP contribution in [0.15, 0.2) is 30.6 Å². The van der Waals surface area contributed by atoms with E-state index in [4.69, 9.17) is 4.74 Å². The minimum absolute atomic E-state index is 0.173. The van der Waals surface area contributed by atoms with E-state index < -0.39 is 0 Å². The van der Waals surface area contributed by atoms with E-state index in [9.17, 15) is 4.79 Å². The second-order valence-corrected chi connectivity index (χ2v) is 9.26. The molecule has 3 aromatic heterocycles. The van der Waals surface area contributed by atoms with Crippen LogP contribution in [0.3, 0.4) is 0 Å². The number of ether oxygens (including phenoxy) is 1. The quantitative estimate of drug-likeness (QED) is 0.398. The molecule has 1 N–H and O–H groups in total. The van der Waals surface area contributed by atoms with Crippen LogP contribution >= 0.6 is 11.3 Å². The van der Waals surface area contributed by atoms with Gasteiger partial charge in [-0.1, -0.05) is 19.4 Å². The molecule has 4 heterocycles. The van der Waals surface area contributed by atoms with Crippen LogP contribution in [0.4, 0.5) is 5.82 Å². The number of aromatic amines is 1. The van der Waals surface area contributed by atoms with Gasteiger partial charge < -0.3 is 14.5 Å². The molecule has 5 rings (SSSR count). The number of rotatable bonds is 8. The third-order valence-corrected chi connectivity index (χ3v) is 6.99. The summed E-state index contributed by atoms with van der Waals surface area (Å²) in [6, 6.07) is 7.87. The first kappa shape index (κ1) is 21.6. The zero-order valence-corrected chi connectivity index (χ0v) is 19.5. The number of para-hydroxylation sites is 1. The lowest BCUT2D eigenvalue weighted by Gasteiger charge is -2.35. The zero-order chi connectivity index (χ0) is 22.6. The number of anilines is 1. The van der Waals surface area contributed by atoms with E-state index in [2.05, 4.69) is 43.3 Å². The number of aromatic nitrogens is 5. The van der Waals surface area contributed by atoms with Gasteiger partial charge in [-0.2, -0.15) is 15.4 Å². The van der Waals surface area contributed by atoms with Crippen molar-refractivity contribution in [2.75, 3.05) is 37.7 Å². The van der Waals surface area contributed by atoms with Gasteiger partial charge in [-0.15, -0.1) is 11.3 Å². The normalized spacial score (nSPS) is 14.3. The van der Waals surface area contributed by atoms with E-state index in [1.165, 1.54) is 4.88 Å². The van der Waals surface area contributed by atoms with Gasteiger partial charge in [-0.25, -0.2) is 9.97 Å². The van der Waals surface area contributed by atoms with Gasteiger partial charge in [0.05, 0.1) is 12.0 Å². The summed E-state index contributed by atoms with van der Waals surface area (Å²) in [5, 5.41) is 11.9. The van der Waals surface area contributed by atoms with Crippen LogP contribution < -0.4 is 9.64 Å².